The zero-order valence-electron chi connectivity index (χ0n) is 9.41. The van der Waals surface area contributed by atoms with E-state index in [-0.39, 0.29) is 5.41 Å². The van der Waals surface area contributed by atoms with Gasteiger partial charge in [-0.15, -0.1) is 0 Å². The molecule has 14 heavy (non-hydrogen) atoms. The van der Waals surface area contributed by atoms with Crippen molar-refractivity contribution in [2.24, 2.45) is 5.73 Å². The quantitative estimate of drug-likeness (QED) is 0.788. The molecule has 0 aromatic carbocycles. The number of hydrogen-bond acceptors (Lipinski definition) is 3. The Balaban J connectivity index is 3.20. The van der Waals surface area contributed by atoms with Gasteiger partial charge in [0.15, 0.2) is 0 Å². The Morgan fingerprint density at radius 1 is 1.43 bits per heavy atom. The molecular weight excluding hydrogens is 174 g/mol. The number of pyridine rings is 1. The number of nitrogens with two attached hydrogens (primary N) is 1. The van der Waals surface area contributed by atoms with E-state index in [2.05, 4.69) is 24.9 Å². The first-order valence-electron chi connectivity index (χ1n) is 4.82. The van der Waals surface area contributed by atoms with Crippen molar-refractivity contribution in [1.82, 2.24) is 4.98 Å². The van der Waals surface area contributed by atoms with Gasteiger partial charge in [-0.05, 0) is 6.07 Å². The molecule has 1 aromatic rings. The van der Waals surface area contributed by atoms with Crippen molar-refractivity contribution < 1.29 is 0 Å². The van der Waals surface area contributed by atoms with Crippen LogP contribution in [0.1, 0.15) is 19.4 Å². The Kier molecular flexibility index (Phi) is 3.11. The average molecular weight is 193 g/mol. The highest BCUT2D eigenvalue weighted by molar-refractivity contribution is 5.49. The number of hydrogen-bond donors (Lipinski definition) is 1. The van der Waals surface area contributed by atoms with Gasteiger partial charge in [-0.25, -0.2) is 4.98 Å². The molecule has 0 saturated carbocycles. The first kappa shape index (κ1) is 11.0. The number of aromatic nitrogens is 1. The predicted octanol–water partition coefficient (Wildman–Crippen LogP) is 1.38. The van der Waals surface area contributed by atoms with Gasteiger partial charge in [0, 0.05) is 37.8 Å². The van der Waals surface area contributed by atoms with Crippen LogP contribution in [0.25, 0.3) is 0 Å². The van der Waals surface area contributed by atoms with Crippen molar-refractivity contribution >= 4 is 5.82 Å². The molecule has 1 rings (SSSR count). The second-order valence-corrected chi connectivity index (χ2v) is 4.36. The minimum absolute atomic E-state index is 0.0200. The molecule has 0 amide bonds. The van der Waals surface area contributed by atoms with Crippen LogP contribution < -0.4 is 10.6 Å². The van der Waals surface area contributed by atoms with Crippen molar-refractivity contribution in [1.29, 1.82) is 0 Å². The van der Waals surface area contributed by atoms with E-state index < -0.39 is 0 Å². The van der Waals surface area contributed by atoms with E-state index in [1.807, 2.05) is 31.3 Å². The zero-order valence-corrected chi connectivity index (χ0v) is 9.41. The maximum absolute atomic E-state index is 5.76. The van der Waals surface area contributed by atoms with Crippen molar-refractivity contribution in [3.8, 4) is 0 Å². The third-order valence-corrected chi connectivity index (χ3v) is 2.45. The highest BCUT2D eigenvalue weighted by atomic mass is 15.1. The van der Waals surface area contributed by atoms with Crippen LogP contribution >= 0.6 is 0 Å². The first-order chi connectivity index (χ1) is 6.49. The minimum Gasteiger partial charge on any atom is -0.363 e. The van der Waals surface area contributed by atoms with Crippen LogP contribution in [0.3, 0.4) is 0 Å². The normalized spacial score (nSPS) is 11.5. The monoisotopic (exact) mass is 193 g/mol. The fourth-order valence-corrected chi connectivity index (χ4v) is 1.39. The summed E-state index contributed by atoms with van der Waals surface area (Å²) in [5.41, 5.74) is 6.94. The van der Waals surface area contributed by atoms with Gasteiger partial charge in [0.25, 0.3) is 0 Å². The molecule has 0 saturated heterocycles. The van der Waals surface area contributed by atoms with Crippen LogP contribution in [0.2, 0.25) is 0 Å². The third-order valence-electron chi connectivity index (χ3n) is 2.45. The summed E-state index contributed by atoms with van der Waals surface area (Å²) in [7, 11) is 4.00. The van der Waals surface area contributed by atoms with Gasteiger partial charge in [0.1, 0.15) is 5.82 Å². The van der Waals surface area contributed by atoms with Crippen LogP contribution in [-0.4, -0.2) is 25.6 Å². The SMILES string of the molecule is CN(C)c1ncccc1C(C)(C)CN. The van der Waals surface area contributed by atoms with E-state index in [1.165, 1.54) is 5.56 Å². The van der Waals surface area contributed by atoms with Crippen LogP contribution in [0, 0.1) is 0 Å². The smallest absolute Gasteiger partial charge is 0.131 e. The summed E-state index contributed by atoms with van der Waals surface area (Å²) in [6.07, 6.45) is 1.81. The van der Waals surface area contributed by atoms with E-state index in [0.29, 0.717) is 6.54 Å². The second-order valence-electron chi connectivity index (χ2n) is 4.36. The lowest BCUT2D eigenvalue weighted by molar-refractivity contribution is 0.537. The van der Waals surface area contributed by atoms with Gasteiger partial charge in [-0.2, -0.15) is 0 Å². The molecule has 0 bridgehead atoms. The van der Waals surface area contributed by atoms with Crippen molar-refractivity contribution in [3.05, 3.63) is 23.9 Å². The molecular formula is C11H19N3. The maximum Gasteiger partial charge on any atom is 0.131 e. The fourth-order valence-electron chi connectivity index (χ4n) is 1.39. The predicted molar refractivity (Wildman–Crippen MR) is 60.6 cm³/mol. The van der Waals surface area contributed by atoms with Gasteiger partial charge in [0.2, 0.25) is 0 Å². The molecule has 0 atom stereocenters. The number of nitrogens with zero attached hydrogens (tertiary/aromatic N) is 2. The molecule has 0 aliphatic carbocycles. The molecule has 0 fully saturated rings. The van der Waals surface area contributed by atoms with E-state index >= 15 is 0 Å². The Morgan fingerprint density at radius 3 is 2.57 bits per heavy atom. The van der Waals surface area contributed by atoms with E-state index in [4.69, 9.17) is 5.73 Å². The van der Waals surface area contributed by atoms with Crippen molar-refractivity contribution in [2.45, 2.75) is 19.3 Å². The van der Waals surface area contributed by atoms with E-state index in [9.17, 15) is 0 Å². The van der Waals surface area contributed by atoms with Crippen LogP contribution in [0.5, 0.6) is 0 Å². The van der Waals surface area contributed by atoms with Crippen molar-refractivity contribution in [2.75, 3.05) is 25.5 Å². The van der Waals surface area contributed by atoms with Crippen LogP contribution in [0.15, 0.2) is 18.3 Å². The van der Waals surface area contributed by atoms with E-state index in [1.54, 1.807) is 0 Å². The zero-order chi connectivity index (χ0) is 10.8. The first-order valence-corrected chi connectivity index (χ1v) is 4.82. The molecule has 1 aromatic heterocycles. The lowest BCUT2D eigenvalue weighted by atomic mass is 9.85. The molecule has 2 N–H and O–H groups in total. The summed E-state index contributed by atoms with van der Waals surface area (Å²) < 4.78 is 0. The topological polar surface area (TPSA) is 42.2 Å². The average Bonchev–Trinajstić information content (AvgIpc) is 2.18. The minimum atomic E-state index is -0.0200. The molecule has 3 heteroatoms. The summed E-state index contributed by atoms with van der Waals surface area (Å²) in [5, 5.41) is 0. The third kappa shape index (κ3) is 2.04. The highest BCUT2D eigenvalue weighted by Crippen LogP contribution is 2.28. The van der Waals surface area contributed by atoms with Gasteiger partial charge in [0.05, 0.1) is 0 Å². The molecule has 0 aliphatic rings. The van der Waals surface area contributed by atoms with Crippen LogP contribution in [-0.2, 0) is 5.41 Å². The Labute approximate surface area is 85.9 Å². The highest BCUT2D eigenvalue weighted by Gasteiger charge is 2.23. The summed E-state index contributed by atoms with van der Waals surface area (Å²) in [6.45, 7) is 4.90. The lowest BCUT2D eigenvalue weighted by Gasteiger charge is -2.27. The largest absolute Gasteiger partial charge is 0.363 e. The summed E-state index contributed by atoms with van der Waals surface area (Å²) in [5.74, 6) is 1.00. The van der Waals surface area contributed by atoms with Crippen molar-refractivity contribution in [3.63, 3.8) is 0 Å². The van der Waals surface area contributed by atoms with Gasteiger partial charge < -0.3 is 10.6 Å². The molecule has 3 nitrogen and oxygen atoms in total. The second kappa shape index (κ2) is 3.96. The fraction of sp³-hybridized carbons (Fsp3) is 0.545. The van der Waals surface area contributed by atoms with Gasteiger partial charge >= 0.3 is 0 Å². The molecule has 0 aliphatic heterocycles. The maximum atomic E-state index is 5.76. The standard InChI is InChI=1S/C11H19N3/c1-11(2,8-12)9-6-5-7-13-10(9)14(3)4/h5-7H,8,12H2,1-4H3. The van der Waals surface area contributed by atoms with Crippen LogP contribution in [0.4, 0.5) is 5.82 Å². The Bertz CT molecular complexity index is 305. The van der Waals surface area contributed by atoms with E-state index in [0.717, 1.165) is 5.82 Å². The molecule has 1 heterocycles. The lowest BCUT2D eigenvalue weighted by Crippen LogP contribution is -2.30. The summed E-state index contributed by atoms with van der Waals surface area (Å²) in [6, 6.07) is 4.05. The molecule has 0 spiro atoms. The van der Waals surface area contributed by atoms with Gasteiger partial charge in [-0.1, -0.05) is 19.9 Å². The number of anilines is 1. The Hall–Kier alpha value is -1.09. The summed E-state index contributed by atoms with van der Waals surface area (Å²) in [4.78, 5) is 6.38. The molecule has 0 unspecified atom stereocenters. The molecule has 78 valence electrons. The van der Waals surface area contributed by atoms with Gasteiger partial charge in [-0.3, -0.25) is 0 Å². The number of rotatable bonds is 3. The summed E-state index contributed by atoms with van der Waals surface area (Å²) >= 11 is 0. The molecule has 0 radical (unpaired) electrons. The Morgan fingerprint density at radius 2 is 2.07 bits per heavy atom.